The van der Waals surface area contributed by atoms with Gasteiger partial charge in [-0.25, -0.2) is 4.79 Å². The number of benzene rings is 1. The largest absolute Gasteiger partial charge is 0.444 e. The molecule has 0 bridgehead atoms. The van der Waals surface area contributed by atoms with Crippen molar-refractivity contribution in [2.45, 2.75) is 48.6 Å². The lowest BCUT2D eigenvalue weighted by atomic mass is 10.1. The predicted octanol–water partition coefficient (Wildman–Crippen LogP) is 4.47. The molecule has 4 rings (SSSR count). The van der Waals surface area contributed by atoms with Crippen molar-refractivity contribution in [2.24, 2.45) is 7.05 Å². The van der Waals surface area contributed by atoms with Crippen molar-refractivity contribution in [1.29, 1.82) is 0 Å². The van der Waals surface area contributed by atoms with Gasteiger partial charge in [0.2, 0.25) is 5.95 Å². The van der Waals surface area contributed by atoms with Crippen LogP contribution in [0.3, 0.4) is 0 Å². The molecule has 41 heavy (non-hydrogen) atoms. The minimum Gasteiger partial charge on any atom is -0.444 e. The maximum absolute atomic E-state index is 13.3. The van der Waals surface area contributed by atoms with E-state index in [1.165, 1.54) is 4.57 Å². The minimum atomic E-state index is -0.587. The monoisotopic (exact) mass is 619 g/mol. The van der Waals surface area contributed by atoms with Gasteiger partial charge in [0.15, 0.2) is 0 Å². The summed E-state index contributed by atoms with van der Waals surface area (Å²) in [6, 6.07) is 8.96. The predicted molar refractivity (Wildman–Crippen MR) is 164 cm³/mol. The first kappa shape index (κ1) is 31.0. The number of nitrogens with zero attached hydrogens (tertiary/aromatic N) is 5. The summed E-state index contributed by atoms with van der Waals surface area (Å²) in [5, 5.41) is 3.81. The molecule has 1 fully saturated rings. The number of hydrogen-bond acceptors (Lipinski definition) is 9. The number of aromatic nitrogens is 3. The normalized spacial score (nSPS) is 15.0. The Balaban J connectivity index is 1.43. The van der Waals surface area contributed by atoms with Gasteiger partial charge in [-0.15, -0.1) is 0 Å². The average molecular weight is 621 g/mol. The number of ether oxygens (including phenoxy) is 1. The van der Waals surface area contributed by atoms with Gasteiger partial charge in [-0.2, -0.15) is 4.98 Å². The fourth-order valence-electron chi connectivity index (χ4n) is 4.52. The van der Waals surface area contributed by atoms with Crippen LogP contribution >= 0.6 is 35.0 Å². The lowest BCUT2D eigenvalue weighted by Gasteiger charge is -2.37. The fraction of sp³-hybridized carbons (Fsp3) is 0.429. The van der Waals surface area contributed by atoms with Crippen molar-refractivity contribution in [3.63, 3.8) is 0 Å². The molecule has 13 heteroatoms. The summed E-state index contributed by atoms with van der Waals surface area (Å²) < 4.78 is 7.02. The van der Waals surface area contributed by atoms with Crippen molar-refractivity contribution >= 4 is 52.8 Å². The van der Waals surface area contributed by atoms with Gasteiger partial charge in [0.1, 0.15) is 16.3 Å². The van der Waals surface area contributed by atoms with Gasteiger partial charge in [0, 0.05) is 63.1 Å². The van der Waals surface area contributed by atoms with Crippen LogP contribution in [0, 0.1) is 0 Å². The summed E-state index contributed by atoms with van der Waals surface area (Å²) in [6.07, 6.45) is 3.69. The van der Waals surface area contributed by atoms with Crippen molar-refractivity contribution in [1.82, 2.24) is 24.8 Å². The zero-order chi connectivity index (χ0) is 29.7. The Kier molecular flexibility index (Phi) is 10.1. The molecule has 1 atom stereocenters. The number of hydrogen-bond donors (Lipinski definition) is 2. The first-order valence-corrected chi connectivity index (χ1v) is 14.8. The van der Waals surface area contributed by atoms with Gasteiger partial charge >= 0.3 is 6.09 Å². The maximum atomic E-state index is 13.3. The van der Waals surface area contributed by atoms with E-state index in [2.05, 4.69) is 20.2 Å². The second-order valence-corrected chi connectivity index (χ2v) is 12.7. The molecule has 1 aliphatic rings. The minimum absolute atomic E-state index is 0.144. The zero-order valence-corrected chi connectivity index (χ0v) is 25.9. The van der Waals surface area contributed by atoms with Crippen LogP contribution in [0.4, 0.5) is 16.6 Å². The summed E-state index contributed by atoms with van der Waals surface area (Å²) in [6.45, 7) is 8.88. The first-order chi connectivity index (χ1) is 19.4. The lowest BCUT2D eigenvalue weighted by Crippen LogP contribution is -2.53. The summed E-state index contributed by atoms with van der Waals surface area (Å²) in [5.41, 5.74) is 6.51. The number of nitrogens with one attached hydrogen (secondary N) is 1. The number of nitrogens with two attached hydrogens (primary N) is 1. The van der Waals surface area contributed by atoms with Crippen LogP contribution in [-0.2, 0) is 18.2 Å². The highest BCUT2D eigenvalue weighted by atomic mass is 35.5. The number of amides is 1. The molecule has 1 aromatic carbocycles. The number of piperazine rings is 1. The van der Waals surface area contributed by atoms with E-state index in [1.54, 1.807) is 37.6 Å². The number of nitrogen functional groups attached to an aromatic ring is 1. The average Bonchev–Trinajstić information content (AvgIpc) is 2.91. The molecule has 3 heterocycles. The third-order valence-electron chi connectivity index (χ3n) is 6.47. The molecule has 0 saturated carbocycles. The molecule has 220 valence electrons. The Bertz CT molecular complexity index is 1420. The van der Waals surface area contributed by atoms with Gasteiger partial charge in [-0.05, 0) is 57.0 Å². The molecule has 3 N–H and O–H groups in total. The van der Waals surface area contributed by atoms with E-state index in [-0.39, 0.29) is 17.4 Å². The summed E-state index contributed by atoms with van der Waals surface area (Å²) in [4.78, 5) is 39.8. The second kappa shape index (κ2) is 13.3. The Morgan fingerprint density at radius 2 is 1.83 bits per heavy atom. The molecular formula is C28H35Cl2N7O3S. The number of pyridine rings is 1. The molecule has 0 spiro atoms. The van der Waals surface area contributed by atoms with E-state index in [0.29, 0.717) is 64.9 Å². The van der Waals surface area contributed by atoms with Crippen LogP contribution in [0.15, 0.2) is 57.3 Å². The van der Waals surface area contributed by atoms with Crippen molar-refractivity contribution in [2.75, 3.05) is 43.4 Å². The maximum Gasteiger partial charge on any atom is 0.407 e. The van der Waals surface area contributed by atoms with Gasteiger partial charge < -0.3 is 20.7 Å². The highest BCUT2D eigenvalue weighted by Gasteiger charge is 2.26. The first-order valence-electron chi connectivity index (χ1n) is 13.3. The number of carbonyl (C=O) groups excluding carboxylic acids is 1. The second-order valence-electron chi connectivity index (χ2n) is 10.8. The van der Waals surface area contributed by atoms with Crippen LogP contribution in [-0.4, -0.2) is 69.9 Å². The van der Waals surface area contributed by atoms with E-state index in [1.807, 2.05) is 37.8 Å². The van der Waals surface area contributed by atoms with Crippen molar-refractivity contribution in [3.8, 4) is 0 Å². The lowest BCUT2D eigenvalue weighted by molar-refractivity contribution is 0.0490. The number of rotatable bonds is 8. The molecule has 0 aliphatic carbocycles. The number of carbonyl (C=O) groups is 1. The highest BCUT2D eigenvalue weighted by Crippen LogP contribution is 2.37. The summed E-state index contributed by atoms with van der Waals surface area (Å²) in [7, 11) is 1.69. The van der Waals surface area contributed by atoms with E-state index in [9.17, 15) is 9.59 Å². The van der Waals surface area contributed by atoms with Crippen molar-refractivity contribution < 1.29 is 9.53 Å². The Labute approximate surface area is 254 Å². The van der Waals surface area contributed by atoms with Gasteiger partial charge in [0.25, 0.3) is 5.56 Å². The molecule has 10 nitrogen and oxygen atoms in total. The van der Waals surface area contributed by atoms with Crippen molar-refractivity contribution in [3.05, 3.63) is 68.7 Å². The molecule has 0 unspecified atom stereocenters. The Morgan fingerprint density at radius 1 is 1.15 bits per heavy atom. The number of halogens is 2. The van der Waals surface area contributed by atoms with Crippen LogP contribution in [0.2, 0.25) is 10.0 Å². The SMILES string of the molecule is Cn1c(N2CCN(C[C@@H](Cc3ccncc3)NC(=O)OC(C)(C)C)CC2)nc(N)c(Sc2cccc(Cl)c2Cl)c1=O. The molecule has 2 aromatic heterocycles. The molecule has 1 aliphatic heterocycles. The van der Waals surface area contributed by atoms with Gasteiger partial charge in [0.05, 0.1) is 10.0 Å². The summed E-state index contributed by atoms with van der Waals surface area (Å²) in [5.74, 6) is 0.652. The van der Waals surface area contributed by atoms with Crippen LogP contribution in [0.5, 0.6) is 0 Å². The van der Waals surface area contributed by atoms with Gasteiger partial charge in [-0.1, -0.05) is 41.0 Å². The smallest absolute Gasteiger partial charge is 0.407 e. The third kappa shape index (κ3) is 8.28. The molecular weight excluding hydrogens is 585 g/mol. The third-order valence-corrected chi connectivity index (χ3v) is 8.55. The Hall–Kier alpha value is -2.99. The molecule has 3 aromatic rings. The van der Waals surface area contributed by atoms with E-state index >= 15 is 0 Å². The summed E-state index contributed by atoms with van der Waals surface area (Å²) >= 11 is 13.6. The molecule has 0 radical (unpaired) electrons. The molecule has 1 amide bonds. The molecule has 1 saturated heterocycles. The quantitative estimate of drug-likeness (QED) is 0.376. The van der Waals surface area contributed by atoms with E-state index in [0.717, 1.165) is 17.3 Å². The standard InChI is InChI=1S/C28H35Cl2N7O3S/c1-28(2,3)40-27(39)33-19(16-18-8-10-32-11-9-18)17-36-12-14-37(15-13-36)26-34-24(31)23(25(38)35(26)4)41-21-7-5-6-20(29)22(21)30/h5-11,19H,12-17,31H2,1-4H3,(H,33,39)/t19-/m1/s1. The number of anilines is 2. The van der Waals surface area contributed by atoms with Crippen LogP contribution in [0.1, 0.15) is 26.3 Å². The van der Waals surface area contributed by atoms with E-state index < -0.39 is 11.7 Å². The fourth-order valence-corrected chi connectivity index (χ4v) is 5.93. The Morgan fingerprint density at radius 3 is 2.49 bits per heavy atom. The number of alkyl carbamates (subject to hydrolysis) is 1. The van der Waals surface area contributed by atoms with Gasteiger partial charge in [-0.3, -0.25) is 19.2 Å². The van der Waals surface area contributed by atoms with Crippen LogP contribution in [0.25, 0.3) is 0 Å². The van der Waals surface area contributed by atoms with Crippen LogP contribution < -0.4 is 21.5 Å². The van der Waals surface area contributed by atoms with E-state index in [4.69, 9.17) is 33.7 Å². The highest BCUT2D eigenvalue weighted by molar-refractivity contribution is 7.99. The topological polar surface area (TPSA) is 119 Å². The zero-order valence-electron chi connectivity index (χ0n) is 23.6.